The molecule has 4 aromatic carbocycles. The highest BCUT2D eigenvalue weighted by Gasteiger charge is 2.06. The van der Waals surface area contributed by atoms with Crippen LogP contribution >= 0.6 is 0 Å². The molecule has 0 aliphatic heterocycles. The molecule has 0 fully saturated rings. The number of carbonyl (C=O) groups is 3. The quantitative estimate of drug-likeness (QED) is 0.0735. The molecule has 6 heteroatoms. The van der Waals surface area contributed by atoms with E-state index in [4.69, 9.17) is 14.2 Å². The Hall–Kier alpha value is -5.49. The van der Waals surface area contributed by atoms with Gasteiger partial charge in [-0.05, 0) is 89.0 Å². The number of ether oxygens (including phenoxy) is 3. The van der Waals surface area contributed by atoms with Crippen molar-refractivity contribution in [3.8, 4) is 0 Å². The van der Waals surface area contributed by atoms with E-state index >= 15 is 0 Å². The van der Waals surface area contributed by atoms with Crippen molar-refractivity contribution in [1.29, 1.82) is 0 Å². The van der Waals surface area contributed by atoms with Crippen molar-refractivity contribution in [2.75, 3.05) is 19.8 Å². The molecule has 246 valence electrons. The Morgan fingerprint density at radius 1 is 0.396 bits per heavy atom. The molecule has 0 bridgehead atoms. The Bertz CT molecular complexity index is 1520. The van der Waals surface area contributed by atoms with E-state index in [9.17, 15) is 14.4 Å². The van der Waals surface area contributed by atoms with Gasteiger partial charge >= 0.3 is 17.9 Å². The van der Waals surface area contributed by atoms with Crippen molar-refractivity contribution >= 4 is 54.4 Å². The first-order valence-corrected chi connectivity index (χ1v) is 16.3. The van der Waals surface area contributed by atoms with E-state index in [0.29, 0.717) is 19.8 Å². The van der Waals surface area contributed by atoms with E-state index in [1.807, 2.05) is 72.8 Å². The van der Waals surface area contributed by atoms with Crippen LogP contribution in [0.3, 0.4) is 0 Å². The molecule has 0 saturated carbocycles. The third-order valence-corrected chi connectivity index (χ3v) is 7.31. The minimum atomic E-state index is -0.230. The summed E-state index contributed by atoms with van der Waals surface area (Å²) in [5.41, 5.74) is 8.88. The zero-order valence-corrected chi connectivity index (χ0v) is 27.8. The van der Waals surface area contributed by atoms with Crippen LogP contribution in [0.1, 0.15) is 70.8 Å². The molecule has 0 aliphatic carbocycles. The molecular weight excluding hydrogens is 600 g/mol. The number of hydrogen-bond acceptors (Lipinski definition) is 6. The fourth-order valence-corrected chi connectivity index (χ4v) is 4.94. The number of benzene rings is 4. The smallest absolute Gasteiger partial charge is 0.310 e. The van der Waals surface area contributed by atoms with Gasteiger partial charge in [-0.3, -0.25) is 14.4 Å². The van der Waals surface area contributed by atoms with E-state index in [2.05, 4.69) is 54.7 Å². The van der Waals surface area contributed by atoms with Crippen LogP contribution in [0.5, 0.6) is 0 Å². The molecule has 0 aromatic heterocycles. The third kappa shape index (κ3) is 12.0. The normalized spacial score (nSPS) is 11.3. The highest BCUT2D eigenvalue weighted by atomic mass is 16.5. The van der Waals surface area contributed by atoms with Crippen molar-refractivity contribution in [2.24, 2.45) is 0 Å². The van der Waals surface area contributed by atoms with Crippen molar-refractivity contribution < 1.29 is 28.6 Å². The summed E-state index contributed by atoms with van der Waals surface area (Å²) < 4.78 is 15.2. The Morgan fingerprint density at radius 3 is 0.854 bits per heavy atom. The van der Waals surface area contributed by atoms with Gasteiger partial charge in [-0.25, -0.2) is 0 Å². The van der Waals surface area contributed by atoms with Crippen LogP contribution in [0, 0.1) is 0 Å². The van der Waals surface area contributed by atoms with Gasteiger partial charge in [-0.2, -0.15) is 0 Å². The molecule has 6 nitrogen and oxygen atoms in total. The summed E-state index contributed by atoms with van der Waals surface area (Å²) in [6, 6.07) is 30.0. The van der Waals surface area contributed by atoms with Crippen LogP contribution in [0.25, 0.3) is 36.5 Å². The first-order valence-electron chi connectivity index (χ1n) is 16.3. The van der Waals surface area contributed by atoms with Crippen LogP contribution in [0.2, 0.25) is 0 Å². The highest BCUT2D eigenvalue weighted by Crippen LogP contribution is 2.20. The summed E-state index contributed by atoms with van der Waals surface area (Å²) in [6.45, 7) is 6.53. The zero-order chi connectivity index (χ0) is 34.1. The predicted molar refractivity (Wildman–Crippen MR) is 194 cm³/mol. The summed E-state index contributed by atoms with van der Waals surface area (Å²) in [5.74, 6) is -0.690. The van der Waals surface area contributed by atoms with E-state index < -0.39 is 0 Å². The van der Waals surface area contributed by atoms with Gasteiger partial charge in [0, 0.05) is 0 Å². The van der Waals surface area contributed by atoms with Crippen LogP contribution in [0.4, 0.5) is 0 Å². The van der Waals surface area contributed by atoms with Gasteiger partial charge in [0.05, 0.1) is 39.1 Å². The van der Waals surface area contributed by atoms with Gasteiger partial charge in [0.2, 0.25) is 0 Å². The lowest BCUT2D eigenvalue weighted by Gasteiger charge is -2.05. The van der Waals surface area contributed by atoms with Crippen LogP contribution < -0.4 is 0 Å². The van der Waals surface area contributed by atoms with E-state index in [0.717, 1.165) is 50.1 Å². The Labute approximate surface area is 283 Å². The molecule has 0 N–H and O–H groups in total. The molecule has 0 heterocycles. The number of esters is 3. The topological polar surface area (TPSA) is 78.9 Å². The maximum atomic E-state index is 11.8. The lowest BCUT2D eigenvalue weighted by molar-refractivity contribution is -0.143. The van der Waals surface area contributed by atoms with Gasteiger partial charge < -0.3 is 14.2 Å². The molecule has 0 saturated heterocycles. The van der Waals surface area contributed by atoms with Gasteiger partial charge in [-0.15, -0.1) is 0 Å². The fourth-order valence-electron chi connectivity index (χ4n) is 4.94. The first-order chi connectivity index (χ1) is 23.3. The molecule has 0 atom stereocenters. The SMILES string of the molecule is CCOC(=O)Cc1ccc(/C=C/c2cc(/C=C/c3ccc(CC(=O)OCC)cc3)cc(/C=C/c3ccc(CC(=O)OCC)cc3)c2)cc1. The van der Waals surface area contributed by atoms with E-state index in [1.165, 1.54) is 0 Å². The predicted octanol–water partition coefficient (Wildman–Crippen LogP) is 8.51. The van der Waals surface area contributed by atoms with Gasteiger partial charge in [0.1, 0.15) is 0 Å². The number of rotatable bonds is 15. The average molecular weight is 643 g/mol. The lowest BCUT2D eigenvalue weighted by atomic mass is 10.0. The van der Waals surface area contributed by atoms with E-state index in [-0.39, 0.29) is 37.2 Å². The molecule has 4 aromatic rings. The summed E-state index contributed by atoms with van der Waals surface area (Å²) in [6.07, 6.45) is 13.1. The Balaban J connectivity index is 1.54. The highest BCUT2D eigenvalue weighted by molar-refractivity contribution is 5.80. The molecule has 0 amide bonds. The molecule has 4 rings (SSSR count). The van der Waals surface area contributed by atoms with E-state index in [1.54, 1.807) is 20.8 Å². The van der Waals surface area contributed by atoms with Crippen molar-refractivity contribution in [3.05, 3.63) is 141 Å². The maximum absolute atomic E-state index is 11.8. The van der Waals surface area contributed by atoms with Gasteiger partial charge in [0.15, 0.2) is 0 Å². The van der Waals surface area contributed by atoms with Crippen LogP contribution in [-0.4, -0.2) is 37.7 Å². The van der Waals surface area contributed by atoms with Gasteiger partial charge in [0.25, 0.3) is 0 Å². The second-order valence-electron chi connectivity index (χ2n) is 11.1. The zero-order valence-electron chi connectivity index (χ0n) is 27.8. The Kier molecular flexibility index (Phi) is 13.7. The van der Waals surface area contributed by atoms with Crippen LogP contribution in [-0.2, 0) is 47.9 Å². The molecule has 0 spiro atoms. The summed E-state index contributed by atoms with van der Waals surface area (Å²) in [4.78, 5) is 35.5. The second kappa shape index (κ2) is 18.6. The van der Waals surface area contributed by atoms with Gasteiger partial charge in [-0.1, -0.05) is 109 Å². The summed E-state index contributed by atoms with van der Waals surface area (Å²) in [5, 5.41) is 0. The minimum absolute atomic E-state index is 0.230. The fraction of sp³-hybridized carbons (Fsp3) is 0.214. The lowest BCUT2D eigenvalue weighted by Crippen LogP contribution is -2.07. The Morgan fingerprint density at radius 2 is 0.625 bits per heavy atom. The van der Waals surface area contributed by atoms with Crippen molar-refractivity contribution in [3.63, 3.8) is 0 Å². The van der Waals surface area contributed by atoms with Crippen LogP contribution in [0.15, 0.2) is 91.0 Å². The summed E-state index contributed by atoms with van der Waals surface area (Å²) in [7, 11) is 0. The molecule has 0 radical (unpaired) electrons. The van der Waals surface area contributed by atoms with Crippen molar-refractivity contribution in [2.45, 2.75) is 40.0 Å². The molecule has 0 unspecified atom stereocenters. The number of hydrogen-bond donors (Lipinski definition) is 0. The summed E-state index contributed by atoms with van der Waals surface area (Å²) >= 11 is 0. The molecular formula is C42H42O6. The monoisotopic (exact) mass is 642 g/mol. The average Bonchev–Trinajstić information content (AvgIpc) is 3.08. The number of carbonyl (C=O) groups excluding carboxylic acids is 3. The second-order valence-corrected chi connectivity index (χ2v) is 11.1. The first kappa shape index (κ1) is 35.4. The minimum Gasteiger partial charge on any atom is -0.466 e. The largest absolute Gasteiger partial charge is 0.466 e. The molecule has 48 heavy (non-hydrogen) atoms. The standard InChI is InChI=1S/C42H42O6/c1-4-46-40(43)28-34-16-7-31(8-17-34)13-22-37-25-38(23-14-32-9-18-35(19-10-32)29-41(44)47-5-2)27-39(26-37)24-15-33-11-20-36(21-12-33)30-42(45)48-6-3/h7-27H,4-6,28-30H2,1-3H3/b22-13+,23-14+,24-15+. The maximum Gasteiger partial charge on any atom is 0.310 e. The molecule has 0 aliphatic rings. The van der Waals surface area contributed by atoms with Crippen molar-refractivity contribution in [1.82, 2.24) is 0 Å². The third-order valence-electron chi connectivity index (χ3n) is 7.31.